The maximum atomic E-state index is 4.22. The van der Waals surface area contributed by atoms with Gasteiger partial charge in [-0.1, -0.05) is 12.8 Å². The van der Waals surface area contributed by atoms with E-state index >= 15 is 0 Å². The fraction of sp³-hybridized carbons (Fsp3) is 0.600. The van der Waals surface area contributed by atoms with E-state index in [9.17, 15) is 0 Å². The monoisotopic (exact) mass is 255 g/mol. The van der Waals surface area contributed by atoms with Crippen LogP contribution in [0, 0.1) is 0 Å². The van der Waals surface area contributed by atoms with Crippen molar-refractivity contribution in [1.29, 1.82) is 0 Å². The zero-order valence-electron chi connectivity index (χ0n) is 8.26. The molecule has 0 spiro atoms. The lowest BCUT2D eigenvalue weighted by atomic mass is 10.0. The molecule has 1 N–H and O–H groups in total. The van der Waals surface area contributed by atoms with Crippen LogP contribution in [0.3, 0.4) is 0 Å². The van der Waals surface area contributed by atoms with Crippen molar-refractivity contribution in [3.63, 3.8) is 0 Å². The minimum Gasteiger partial charge on any atom is -0.349 e. The quantitative estimate of drug-likeness (QED) is 0.883. The molecule has 14 heavy (non-hydrogen) atoms. The third kappa shape index (κ3) is 2.23. The molecule has 4 heteroatoms. The summed E-state index contributed by atoms with van der Waals surface area (Å²) in [6, 6.07) is 0. The van der Waals surface area contributed by atoms with Crippen molar-refractivity contribution in [3.05, 3.63) is 16.9 Å². The van der Waals surface area contributed by atoms with Crippen molar-refractivity contribution in [2.24, 2.45) is 0 Å². The molecular formula is C10H14BrN3. The largest absolute Gasteiger partial charge is 0.349 e. The third-order valence-electron chi connectivity index (χ3n) is 2.74. The van der Waals surface area contributed by atoms with Gasteiger partial charge in [0, 0.05) is 17.9 Å². The van der Waals surface area contributed by atoms with Gasteiger partial charge < -0.3 is 5.32 Å². The van der Waals surface area contributed by atoms with Gasteiger partial charge in [-0.15, -0.1) is 0 Å². The highest BCUT2D eigenvalue weighted by Crippen LogP contribution is 2.31. The van der Waals surface area contributed by atoms with Crippen molar-refractivity contribution in [1.82, 2.24) is 9.97 Å². The number of aromatic nitrogens is 2. The van der Waals surface area contributed by atoms with Crippen LogP contribution in [-0.2, 0) is 0 Å². The summed E-state index contributed by atoms with van der Waals surface area (Å²) in [5, 5.41) is 3.40. The van der Waals surface area contributed by atoms with Gasteiger partial charge in [-0.3, -0.25) is 0 Å². The maximum Gasteiger partial charge on any atom is 0.223 e. The molecule has 1 aliphatic carbocycles. The van der Waals surface area contributed by atoms with Crippen LogP contribution in [0.1, 0.15) is 32.6 Å². The normalized spacial score (nSPS) is 19.6. The van der Waals surface area contributed by atoms with E-state index in [0.717, 1.165) is 10.4 Å². The number of hydrogen-bond acceptors (Lipinski definition) is 3. The summed E-state index contributed by atoms with van der Waals surface area (Å²) in [6.07, 6.45) is 8.58. The number of nitrogens with zero attached hydrogens (tertiary/aromatic N) is 2. The van der Waals surface area contributed by atoms with Crippen LogP contribution < -0.4 is 5.32 Å². The highest BCUT2D eigenvalue weighted by molar-refractivity contribution is 9.10. The minimum atomic E-state index is 0.202. The summed E-state index contributed by atoms with van der Waals surface area (Å²) in [5.74, 6) is 0.734. The van der Waals surface area contributed by atoms with Crippen LogP contribution in [0.4, 0.5) is 5.95 Å². The van der Waals surface area contributed by atoms with Gasteiger partial charge in [0.25, 0.3) is 0 Å². The minimum absolute atomic E-state index is 0.202. The molecule has 2 rings (SSSR count). The molecule has 1 fully saturated rings. The lowest BCUT2D eigenvalue weighted by Crippen LogP contribution is -2.31. The molecule has 1 heterocycles. The van der Waals surface area contributed by atoms with Gasteiger partial charge in [0.05, 0.1) is 4.47 Å². The van der Waals surface area contributed by atoms with Gasteiger partial charge in [0.2, 0.25) is 5.95 Å². The number of nitrogens with one attached hydrogen (secondary N) is 1. The second-order valence-corrected chi connectivity index (χ2v) is 5.03. The van der Waals surface area contributed by atoms with Crippen molar-refractivity contribution < 1.29 is 0 Å². The molecule has 0 bridgehead atoms. The van der Waals surface area contributed by atoms with Crippen LogP contribution in [0.15, 0.2) is 16.9 Å². The van der Waals surface area contributed by atoms with E-state index in [1.807, 2.05) is 0 Å². The smallest absolute Gasteiger partial charge is 0.223 e. The molecule has 0 aliphatic heterocycles. The summed E-state index contributed by atoms with van der Waals surface area (Å²) >= 11 is 3.32. The Balaban J connectivity index is 2.06. The van der Waals surface area contributed by atoms with Crippen LogP contribution in [0.5, 0.6) is 0 Å². The predicted octanol–water partition coefficient (Wildman–Crippen LogP) is 2.98. The third-order valence-corrected chi connectivity index (χ3v) is 3.15. The molecule has 0 saturated heterocycles. The Hall–Kier alpha value is -0.640. The Morgan fingerprint density at radius 2 is 1.86 bits per heavy atom. The van der Waals surface area contributed by atoms with Crippen molar-refractivity contribution in [2.45, 2.75) is 38.1 Å². The first-order valence-electron chi connectivity index (χ1n) is 4.94. The molecule has 1 aromatic heterocycles. The molecule has 1 aromatic rings. The SMILES string of the molecule is CC1(Nc2ncc(Br)cn2)CCCC1. The fourth-order valence-corrected chi connectivity index (χ4v) is 2.13. The lowest BCUT2D eigenvalue weighted by molar-refractivity contribution is 0.528. The Morgan fingerprint density at radius 3 is 2.43 bits per heavy atom. The Labute approximate surface area is 92.5 Å². The topological polar surface area (TPSA) is 37.8 Å². The zero-order valence-corrected chi connectivity index (χ0v) is 9.84. The van der Waals surface area contributed by atoms with E-state index in [1.165, 1.54) is 25.7 Å². The summed E-state index contributed by atoms with van der Waals surface area (Å²) in [7, 11) is 0. The highest BCUT2D eigenvalue weighted by Gasteiger charge is 2.28. The molecule has 0 atom stereocenters. The van der Waals surface area contributed by atoms with Gasteiger partial charge >= 0.3 is 0 Å². The first-order chi connectivity index (χ1) is 6.68. The average molecular weight is 256 g/mol. The van der Waals surface area contributed by atoms with Gasteiger partial charge in [-0.05, 0) is 35.7 Å². The number of anilines is 1. The van der Waals surface area contributed by atoms with E-state index in [4.69, 9.17) is 0 Å². The van der Waals surface area contributed by atoms with Crippen molar-refractivity contribution in [2.75, 3.05) is 5.32 Å². The van der Waals surface area contributed by atoms with E-state index in [-0.39, 0.29) is 5.54 Å². The van der Waals surface area contributed by atoms with E-state index < -0.39 is 0 Å². The highest BCUT2D eigenvalue weighted by atomic mass is 79.9. The molecule has 0 unspecified atom stereocenters. The molecule has 0 amide bonds. The van der Waals surface area contributed by atoms with E-state index in [0.29, 0.717) is 0 Å². The van der Waals surface area contributed by atoms with Gasteiger partial charge in [0.1, 0.15) is 0 Å². The van der Waals surface area contributed by atoms with Gasteiger partial charge in [-0.25, -0.2) is 9.97 Å². The molecule has 0 aromatic carbocycles. The Morgan fingerprint density at radius 1 is 1.29 bits per heavy atom. The molecule has 3 nitrogen and oxygen atoms in total. The standard InChI is InChI=1S/C10H14BrN3/c1-10(4-2-3-5-10)14-9-12-6-8(11)7-13-9/h6-7H,2-5H2,1H3,(H,12,13,14). The van der Waals surface area contributed by atoms with Crippen LogP contribution >= 0.6 is 15.9 Å². The second-order valence-electron chi connectivity index (χ2n) is 4.12. The van der Waals surface area contributed by atoms with Crippen molar-refractivity contribution in [3.8, 4) is 0 Å². The van der Waals surface area contributed by atoms with Gasteiger partial charge in [0.15, 0.2) is 0 Å². The summed E-state index contributed by atoms with van der Waals surface area (Å²) in [5.41, 5.74) is 0.202. The Bertz CT molecular complexity index is 304. The number of rotatable bonds is 2. The molecule has 0 radical (unpaired) electrons. The van der Waals surface area contributed by atoms with E-state index in [1.54, 1.807) is 12.4 Å². The fourth-order valence-electron chi connectivity index (χ4n) is 1.93. The number of hydrogen-bond donors (Lipinski definition) is 1. The zero-order chi connectivity index (χ0) is 10.0. The first kappa shape index (κ1) is 9.90. The van der Waals surface area contributed by atoms with Crippen molar-refractivity contribution >= 4 is 21.9 Å². The van der Waals surface area contributed by atoms with Gasteiger partial charge in [-0.2, -0.15) is 0 Å². The maximum absolute atomic E-state index is 4.22. The average Bonchev–Trinajstić information content (AvgIpc) is 2.57. The van der Waals surface area contributed by atoms with Crippen LogP contribution in [0.25, 0.3) is 0 Å². The molecule has 76 valence electrons. The lowest BCUT2D eigenvalue weighted by Gasteiger charge is -2.24. The second kappa shape index (κ2) is 3.85. The molecule has 1 aliphatic rings. The summed E-state index contributed by atoms with van der Waals surface area (Å²) in [4.78, 5) is 8.44. The number of halogens is 1. The molecule has 1 saturated carbocycles. The van der Waals surface area contributed by atoms with Crippen LogP contribution in [0.2, 0.25) is 0 Å². The van der Waals surface area contributed by atoms with E-state index in [2.05, 4.69) is 38.1 Å². The summed E-state index contributed by atoms with van der Waals surface area (Å²) < 4.78 is 0.916. The molecular weight excluding hydrogens is 242 g/mol. The van der Waals surface area contributed by atoms with Crippen LogP contribution in [-0.4, -0.2) is 15.5 Å². The predicted molar refractivity (Wildman–Crippen MR) is 60.2 cm³/mol. The first-order valence-corrected chi connectivity index (χ1v) is 5.73. The summed E-state index contributed by atoms with van der Waals surface area (Å²) in [6.45, 7) is 2.24. The Kier molecular flexibility index (Phi) is 2.72.